The maximum Gasteiger partial charge on any atom is 0.177 e. The van der Waals surface area contributed by atoms with Crippen LogP contribution in [0.25, 0.3) is 10.9 Å². The number of pyridine rings is 1. The highest BCUT2D eigenvalue weighted by Gasteiger charge is 2.31. The maximum atomic E-state index is 12.3. The van der Waals surface area contributed by atoms with Crippen molar-refractivity contribution in [1.29, 1.82) is 0 Å². The van der Waals surface area contributed by atoms with Gasteiger partial charge >= 0.3 is 0 Å². The van der Waals surface area contributed by atoms with Crippen molar-refractivity contribution in [3.63, 3.8) is 0 Å². The number of fused-ring (bicyclic) bond motifs is 1. The van der Waals surface area contributed by atoms with Crippen molar-refractivity contribution in [3.8, 4) is 5.75 Å². The average Bonchev–Trinajstić information content (AvgIpc) is 3.41. The zero-order valence-electron chi connectivity index (χ0n) is 16.5. The molecular formula is C21H25ClN2O3S. The summed E-state index contributed by atoms with van der Waals surface area (Å²) in [4.78, 5) is 4.81. The van der Waals surface area contributed by atoms with E-state index in [1.165, 1.54) is 18.0 Å². The lowest BCUT2D eigenvalue weighted by Gasteiger charge is -2.12. The third kappa shape index (κ3) is 3.63. The van der Waals surface area contributed by atoms with Crippen molar-refractivity contribution in [2.24, 2.45) is 0 Å². The first-order chi connectivity index (χ1) is 12.8. The van der Waals surface area contributed by atoms with Gasteiger partial charge in [-0.1, -0.05) is 17.7 Å². The Morgan fingerprint density at radius 1 is 1.14 bits per heavy atom. The highest BCUT2D eigenvalue weighted by molar-refractivity contribution is 7.91. The molecule has 1 aromatic carbocycles. The quantitative estimate of drug-likeness (QED) is 0.600. The Balaban J connectivity index is 0.00000225. The molecule has 0 spiro atoms. The summed E-state index contributed by atoms with van der Waals surface area (Å²) in [5, 5.41) is 0.791. The van der Waals surface area contributed by atoms with Gasteiger partial charge < -0.3 is 9.30 Å². The average molecular weight is 421 g/mol. The third-order valence-electron chi connectivity index (χ3n) is 5.32. The SMILES string of the molecule is Cc1ccc(OCc2ncc(S(C)(=O)=O)c3c(C)c(C)n(C4CC4)c23)cc1.Cl. The number of benzene rings is 1. The minimum Gasteiger partial charge on any atom is -0.487 e. The number of hydrogen-bond acceptors (Lipinski definition) is 4. The van der Waals surface area contributed by atoms with Crippen LogP contribution in [0, 0.1) is 20.8 Å². The Labute approximate surface area is 172 Å². The zero-order valence-corrected chi connectivity index (χ0v) is 18.2. The van der Waals surface area contributed by atoms with Gasteiger partial charge in [-0.05, 0) is 51.3 Å². The predicted octanol–water partition coefficient (Wildman–Crippen LogP) is 4.70. The molecule has 7 heteroatoms. The summed E-state index contributed by atoms with van der Waals surface area (Å²) < 4.78 is 32.9. The van der Waals surface area contributed by atoms with Crippen molar-refractivity contribution in [3.05, 3.63) is 53.0 Å². The minimum atomic E-state index is -3.37. The third-order valence-corrected chi connectivity index (χ3v) is 6.43. The Bertz CT molecular complexity index is 1130. The number of rotatable bonds is 5. The second-order valence-electron chi connectivity index (χ2n) is 7.48. The Kier molecular flexibility index (Phi) is 5.47. The molecule has 0 unspecified atom stereocenters. The van der Waals surface area contributed by atoms with Crippen LogP contribution in [0.3, 0.4) is 0 Å². The molecule has 2 aromatic heterocycles. The topological polar surface area (TPSA) is 61.2 Å². The molecule has 0 bridgehead atoms. The van der Waals surface area contributed by atoms with E-state index in [4.69, 9.17) is 4.74 Å². The molecule has 150 valence electrons. The van der Waals surface area contributed by atoms with Gasteiger partial charge in [0, 0.05) is 29.6 Å². The van der Waals surface area contributed by atoms with Gasteiger partial charge in [-0.2, -0.15) is 0 Å². The molecule has 0 radical (unpaired) electrons. The lowest BCUT2D eigenvalue weighted by molar-refractivity contribution is 0.302. The second kappa shape index (κ2) is 7.41. The fraction of sp³-hybridized carbons (Fsp3) is 0.381. The van der Waals surface area contributed by atoms with E-state index in [2.05, 4.69) is 16.5 Å². The molecule has 4 rings (SSSR count). The van der Waals surface area contributed by atoms with Crippen LogP contribution in [0.1, 0.15) is 41.4 Å². The molecule has 1 saturated carbocycles. The molecule has 0 amide bonds. The van der Waals surface area contributed by atoms with E-state index < -0.39 is 9.84 Å². The molecule has 1 aliphatic carbocycles. The van der Waals surface area contributed by atoms with Crippen LogP contribution in [-0.2, 0) is 16.4 Å². The van der Waals surface area contributed by atoms with Gasteiger partial charge in [0.15, 0.2) is 9.84 Å². The van der Waals surface area contributed by atoms with Gasteiger partial charge in [0.2, 0.25) is 0 Å². The molecule has 0 saturated heterocycles. The summed E-state index contributed by atoms with van der Waals surface area (Å²) >= 11 is 0. The summed E-state index contributed by atoms with van der Waals surface area (Å²) in [7, 11) is -3.37. The first-order valence-electron chi connectivity index (χ1n) is 9.16. The number of ether oxygens (including phenoxy) is 1. The highest BCUT2D eigenvalue weighted by Crippen LogP contribution is 2.43. The van der Waals surface area contributed by atoms with Crippen LogP contribution in [0.5, 0.6) is 5.75 Å². The summed E-state index contributed by atoms with van der Waals surface area (Å²) in [6, 6.07) is 8.32. The largest absolute Gasteiger partial charge is 0.487 e. The van der Waals surface area contributed by atoms with Crippen molar-refractivity contribution >= 4 is 33.1 Å². The molecule has 0 N–H and O–H groups in total. The van der Waals surface area contributed by atoms with Crippen molar-refractivity contribution in [2.75, 3.05) is 6.26 Å². The maximum absolute atomic E-state index is 12.3. The zero-order chi connectivity index (χ0) is 19.3. The molecule has 1 fully saturated rings. The summed E-state index contributed by atoms with van der Waals surface area (Å²) in [5.41, 5.74) is 4.98. The molecule has 0 atom stereocenters. The van der Waals surface area contributed by atoms with E-state index in [-0.39, 0.29) is 12.4 Å². The fourth-order valence-electron chi connectivity index (χ4n) is 3.64. The Morgan fingerprint density at radius 2 is 1.79 bits per heavy atom. The standard InChI is InChI=1S/C21H24N2O3S.ClH/c1-13-5-9-17(10-6-13)26-12-18-21-20(19(11-22-18)27(4,24)25)14(2)15(3)23(21)16-7-8-16;/h5-6,9-11,16H,7-8,12H2,1-4H3;1H. The van der Waals surface area contributed by atoms with E-state index in [1.54, 1.807) is 0 Å². The van der Waals surface area contributed by atoms with Gasteiger partial charge in [0.1, 0.15) is 18.1 Å². The van der Waals surface area contributed by atoms with E-state index in [1.807, 2.05) is 38.1 Å². The van der Waals surface area contributed by atoms with E-state index in [0.717, 1.165) is 46.4 Å². The second-order valence-corrected chi connectivity index (χ2v) is 9.46. The number of hydrogen-bond donors (Lipinski definition) is 0. The van der Waals surface area contributed by atoms with Crippen molar-refractivity contribution in [1.82, 2.24) is 9.55 Å². The number of sulfone groups is 1. The van der Waals surface area contributed by atoms with E-state index >= 15 is 0 Å². The molecule has 3 aromatic rings. The molecule has 5 nitrogen and oxygen atoms in total. The van der Waals surface area contributed by atoms with Gasteiger partial charge in [0.05, 0.1) is 10.4 Å². The van der Waals surface area contributed by atoms with Crippen LogP contribution in [0.2, 0.25) is 0 Å². The van der Waals surface area contributed by atoms with E-state index in [9.17, 15) is 8.42 Å². The number of halogens is 1. The Hall–Kier alpha value is -2.05. The Morgan fingerprint density at radius 3 is 2.36 bits per heavy atom. The minimum absolute atomic E-state index is 0. The fourth-order valence-corrected chi connectivity index (χ4v) is 4.50. The van der Waals surface area contributed by atoms with Crippen LogP contribution in [0.4, 0.5) is 0 Å². The summed E-state index contributed by atoms with van der Waals surface area (Å²) in [5.74, 6) is 0.778. The van der Waals surface area contributed by atoms with Gasteiger partial charge in [-0.3, -0.25) is 4.98 Å². The summed E-state index contributed by atoms with van der Waals surface area (Å²) in [6.07, 6.45) is 4.96. The highest BCUT2D eigenvalue weighted by atomic mass is 35.5. The van der Waals surface area contributed by atoms with Gasteiger partial charge in [0.25, 0.3) is 0 Å². The van der Waals surface area contributed by atoms with Gasteiger partial charge in [-0.25, -0.2) is 8.42 Å². The number of nitrogens with zero attached hydrogens (tertiary/aromatic N) is 2. The van der Waals surface area contributed by atoms with E-state index in [0.29, 0.717) is 17.5 Å². The van der Waals surface area contributed by atoms with Crippen LogP contribution in [0.15, 0.2) is 35.4 Å². The summed E-state index contributed by atoms with van der Waals surface area (Å²) in [6.45, 7) is 6.40. The normalized spacial score (nSPS) is 14.1. The van der Waals surface area contributed by atoms with Crippen molar-refractivity contribution in [2.45, 2.75) is 51.2 Å². The van der Waals surface area contributed by atoms with Crippen LogP contribution >= 0.6 is 12.4 Å². The molecule has 28 heavy (non-hydrogen) atoms. The molecule has 2 heterocycles. The van der Waals surface area contributed by atoms with Crippen LogP contribution < -0.4 is 4.74 Å². The predicted molar refractivity (Wildman–Crippen MR) is 113 cm³/mol. The lowest BCUT2D eigenvalue weighted by Crippen LogP contribution is -2.07. The van der Waals surface area contributed by atoms with Crippen LogP contribution in [-0.4, -0.2) is 24.2 Å². The molecule has 0 aliphatic heterocycles. The number of aromatic nitrogens is 2. The molecular weight excluding hydrogens is 396 g/mol. The monoisotopic (exact) mass is 420 g/mol. The van der Waals surface area contributed by atoms with Gasteiger partial charge in [-0.15, -0.1) is 12.4 Å². The smallest absolute Gasteiger partial charge is 0.177 e. The lowest BCUT2D eigenvalue weighted by atomic mass is 10.1. The first kappa shape index (κ1) is 20.7. The molecule has 1 aliphatic rings. The van der Waals surface area contributed by atoms with Crippen molar-refractivity contribution < 1.29 is 13.2 Å². The first-order valence-corrected chi connectivity index (χ1v) is 11.0. The number of aryl methyl sites for hydroxylation is 2.